The van der Waals surface area contributed by atoms with Gasteiger partial charge in [-0.2, -0.15) is 0 Å². The van der Waals surface area contributed by atoms with E-state index in [1.807, 2.05) is 6.92 Å². The van der Waals surface area contributed by atoms with Crippen LogP contribution >= 0.6 is 11.8 Å². The summed E-state index contributed by atoms with van der Waals surface area (Å²) in [5.41, 5.74) is 5.97. The van der Waals surface area contributed by atoms with Crippen molar-refractivity contribution in [2.24, 2.45) is 5.73 Å². The molecule has 0 amide bonds. The number of hydrogen-bond acceptors (Lipinski definition) is 4. The van der Waals surface area contributed by atoms with Gasteiger partial charge in [0, 0.05) is 18.0 Å². The van der Waals surface area contributed by atoms with E-state index in [9.17, 15) is 9.18 Å². The van der Waals surface area contributed by atoms with Gasteiger partial charge in [0.1, 0.15) is 5.82 Å². The number of halogens is 1. The Morgan fingerprint density at radius 1 is 1.47 bits per heavy atom. The van der Waals surface area contributed by atoms with Gasteiger partial charge in [-0.3, -0.25) is 4.57 Å². The fraction of sp³-hybridized carbons (Fsp3) is 0.333. The lowest BCUT2D eigenvalue weighted by Gasteiger charge is -2.05. The van der Waals surface area contributed by atoms with Gasteiger partial charge in [0.25, 0.3) is 0 Å². The number of benzene rings is 1. The number of aromatic amines is 1. The van der Waals surface area contributed by atoms with Crippen molar-refractivity contribution in [3.63, 3.8) is 0 Å². The van der Waals surface area contributed by atoms with Crippen LogP contribution in [-0.4, -0.2) is 14.8 Å². The largest absolute Gasteiger partial charge is 0.343 e. The molecule has 5 nitrogen and oxygen atoms in total. The van der Waals surface area contributed by atoms with E-state index < -0.39 is 0 Å². The monoisotopic (exact) mass is 282 g/mol. The Labute approximate surface area is 114 Å². The first-order chi connectivity index (χ1) is 9.13. The number of rotatable bonds is 5. The minimum Gasteiger partial charge on any atom is -0.326 e. The molecule has 0 spiro atoms. The second kappa shape index (κ2) is 6.03. The van der Waals surface area contributed by atoms with Gasteiger partial charge in [-0.25, -0.2) is 14.3 Å². The predicted molar refractivity (Wildman–Crippen MR) is 71.6 cm³/mol. The van der Waals surface area contributed by atoms with E-state index in [0.717, 1.165) is 6.42 Å². The molecule has 0 saturated carbocycles. The van der Waals surface area contributed by atoms with Gasteiger partial charge in [0.05, 0.1) is 0 Å². The standard InChI is InChI=1S/C12H15FN4OS/c1-2-3-17-11(18)15-16-12(17)19-10-5-8(7-14)4-9(13)6-10/h4-6H,2-3,7,14H2,1H3,(H,15,18). The molecule has 0 aliphatic heterocycles. The summed E-state index contributed by atoms with van der Waals surface area (Å²) in [6, 6.07) is 4.59. The molecule has 0 saturated heterocycles. The molecule has 3 N–H and O–H groups in total. The van der Waals surface area contributed by atoms with E-state index in [-0.39, 0.29) is 18.1 Å². The number of nitrogens with two attached hydrogens (primary N) is 1. The summed E-state index contributed by atoms with van der Waals surface area (Å²) in [7, 11) is 0. The summed E-state index contributed by atoms with van der Waals surface area (Å²) < 4.78 is 14.9. The Morgan fingerprint density at radius 2 is 2.26 bits per heavy atom. The third-order valence-electron chi connectivity index (χ3n) is 2.55. The molecule has 2 rings (SSSR count). The Kier molecular flexibility index (Phi) is 4.39. The first-order valence-corrected chi connectivity index (χ1v) is 6.78. The zero-order valence-corrected chi connectivity index (χ0v) is 11.3. The van der Waals surface area contributed by atoms with E-state index in [2.05, 4.69) is 10.2 Å². The van der Waals surface area contributed by atoms with E-state index in [1.165, 1.54) is 28.5 Å². The fourth-order valence-corrected chi connectivity index (χ4v) is 2.67. The van der Waals surface area contributed by atoms with Gasteiger partial charge in [-0.1, -0.05) is 6.92 Å². The minimum atomic E-state index is -0.342. The molecular weight excluding hydrogens is 267 g/mol. The SMILES string of the molecule is CCCn1c(Sc2cc(F)cc(CN)c2)n[nH]c1=O. The summed E-state index contributed by atoms with van der Waals surface area (Å²) in [6.45, 7) is 2.83. The zero-order valence-electron chi connectivity index (χ0n) is 10.5. The third kappa shape index (κ3) is 3.24. The van der Waals surface area contributed by atoms with Crippen molar-refractivity contribution in [3.8, 4) is 0 Å². The van der Waals surface area contributed by atoms with Gasteiger partial charge >= 0.3 is 5.69 Å². The number of aromatic nitrogens is 3. The summed E-state index contributed by atoms with van der Waals surface area (Å²) in [4.78, 5) is 12.2. The quantitative estimate of drug-likeness (QED) is 0.875. The molecule has 2 aromatic rings. The molecule has 0 unspecified atom stereocenters. The summed E-state index contributed by atoms with van der Waals surface area (Å²) in [5.74, 6) is -0.342. The average molecular weight is 282 g/mol. The highest BCUT2D eigenvalue weighted by Gasteiger charge is 2.10. The molecule has 0 aliphatic carbocycles. The third-order valence-corrected chi connectivity index (χ3v) is 3.51. The summed E-state index contributed by atoms with van der Waals surface area (Å²) in [6.07, 6.45) is 0.824. The molecule has 19 heavy (non-hydrogen) atoms. The smallest absolute Gasteiger partial charge is 0.326 e. The van der Waals surface area contributed by atoms with Crippen molar-refractivity contribution in [2.45, 2.75) is 36.5 Å². The summed E-state index contributed by atoms with van der Waals surface area (Å²) in [5, 5.41) is 6.88. The van der Waals surface area contributed by atoms with Crippen LogP contribution in [0.1, 0.15) is 18.9 Å². The van der Waals surface area contributed by atoms with Crippen LogP contribution in [0.25, 0.3) is 0 Å². The Balaban J connectivity index is 2.30. The van der Waals surface area contributed by atoms with Crippen molar-refractivity contribution in [3.05, 3.63) is 40.1 Å². The average Bonchev–Trinajstić information content (AvgIpc) is 2.71. The fourth-order valence-electron chi connectivity index (χ4n) is 1.70. The number of hydrogen-bond donors (Lipinski definition) is 2. The molecule has 1 heterocycles. The predicted octanol–water partition coefficient (Wildman–Crippen LogP) is 1.73. The maximum atomic E-state index is 13.4. The lowest BCUT2D eigenvalue weighted by Crippen LogP contribution is -2.17. The number of H-pyrrole nitrogens is 1. The molecule has 0 atom stereocenters. The Morgan fingerprint density at radius 3 is 2.95 bits per heavy atom. The second-order valence-electron chi connectivity index (χ2n) is 4.06. The molecule has 0 aliphatic rings. The number of nitrogens with one attached hydrogen (secondary N) is 1. The van der Waals surface area contributed by atoms with Crippen LogP contribution < -0.4 is 11.4 Å². The molecule has 1 aromatic carbocycles. The molecule has 7 heteroatoms. The topological polar surface area (TPSA) is 76.7 Å². The van der Waals surface area contributed by atoms with E-state index in [0.29, 0.717) is 22.2 Å². The first-order valence-electron chi connectivity index (χ1n) is 5.96. The molecule has 0 bridgehead atoms. The highest BCUT2D eigenvalue weighted by atomic mass is 32.2. The normalized spacial score (nSPS) is 10.9. The first kappa shape index (κ1) is 13.8. The molecular formula is C12H15FN4OS. The highest BCUT2D eigenvalue weighted by molar-refractivity contribution is 7.99. The Hall–Kier alpha value is -1.60. The lowest BCUT2D eigenvalue weighted by atomic mass is 10.2. The van der Waals surface area contributed by atoms with Crippen molar-refractivity contribution in [1.29, 1.82) is 0 Å². The van der Waals surface area contributed by atoms with Crippen LogP contribution in [0.2, 0.25) is 0 Å². The summed E-state index contributed by atoms with van der Waals surface area (Å²) >= 11 is 1.24. The molecule has 102 valence electrons. The maximum absolute atomic E-state index is 13.4. The van der Waals surface area contributed by atoms with Crippen molar-refractivity contribution >= 4 is 11.8 Å². The van der Waals surface area contributed by atoms with Crippen LogP contribution in [0.15, 0.2) is 33.0 Å². The van der Waals surface area contributed by atoms with Gasteiger partial charge in [-0.05, 0) is 41.9 Å². The van der Waals surface area contributed by atoms with Gasteiger partial charge < -0.3 is 5.73 Å². The van der Waals surface area contributed by atoms with Gasteiger partial charge in [0.15, 0.2) is 5.16 Å². The second-order valence-corrected chi connectivity index (χ2v) is 5.11. The van der Waals surface area contributed by atoms with E-state index >= 15 is 0 Å². The van der Waals surface area contributed by atoms with Crippen LogP contribution in [0, 0.1) is 5.82 Å². The molecule has 1 aromatic heterocycles. The molecule has 0 radical (unpaired) electrons. The van der Waals surface area contributed by atoms with Crippen LogP contribution in [-0.2, 0) is 13.1 Å². The molecule has 0 fully saturated rings. The van der Waals surface area contributed by atoms with Crippen molar-refractivity contribution in [1.82, 2.24) is 14.8 Å². The number of nitrogens with zero attached hydrogens (tertiary/aromatic N) is 2. The highest BCUT2D eigenvalue weighted by Crippen LogP contribution is 2.26. The Bertz CT molecular complexity index is 622. The maximum Gasteiger partial charge on any atom is 0.343 e. The van der Waals surface area contributed by atoms with E-state index in [1.54, 1.807) is 6.07 Å². The van der Waals surface area contributed by atoms with Crippen LogP contribution in [0.4, 0.5) is 4.39 Å². The van der Waals surface area contributed by atoms with Crippen LogP contribution in [0.3, 0.4) is 0 Å². The van der Waals surface area contributed by atoms with Crippen LogP contribution in [0.5, 0.6) is 0 Å². The van der Waals surface area contributed by atoms with Gasteiger partial charge in [0.2, 0.25) is 0 Å². The minimum absolute atomic E-state index is 0.250. The van der Waals surface area contributed by atoms with Gasteiger partial charge in [-0.15, -0.1) is 5.10 Å². The van der Waals surface area contributed by atoms with Crippen molar-refractivity contribution in [2.75, 3.05) is 0 Å². The van der Waals surface area contributed by atoms with Crippen molar-refractivity contribution < 1.29 is 4.39 Å². The zero-order chi connectivity index (χ0) is 13.8. The van der Waals surface area contributed by atoms with E-state index in [4.69, 9.17) is 5.73 Å². The lowest BCUT2D eigenvalue weighted by molar-refractivity contribution is 0.603.